The molecule has 2 aliphatic carbocycles. The number of aromatic nitrogens is 2. The zero-order valence-corrected chi connectivity index (χ0v) is 28.6. The molecule has 2 saturated heterocycles. The second-order valence-electron chi connectivity index (χ2n) is 15.7. The number of carbonyl (C=O) groups excluding carboxylic acids is 3. The number of aromatic hydroxyl groups is 1. The van der Waals surface area contributed by atoms with Gasteiger partial charge in [-0.1, -0.05) is 24.0 Å². The van der Waals surface area contributed by atoms with Crippen LogP contribution in [0.25, 0.3) is 11.3 Å². The highest BCUT2D eigenvalue weighted by Crippen LogP contribution is 2.56. The first-order chi connectivity index (χ1) is 24.7. The molecule has 4 fully saturated rings. The Bertz CT molecular complexity index is 2010. The van der Waals surface area contributed by atoms with Crippen LogP contribution in [0.15, 0.2) is 42.5 Å². The van der Waals surface area contributed by atoms with Crippen molar-refractivity contribution in [2.24, 2.45) is 11.3 Å². The topological polar surface area (TPSA) is 151 Å². The van der Waals surface area contributed by atoms with Crippen LogP contribution in [-0.4, -0.2) is 74.6 Å². The van der Waals surface area contributed by atoms with Crippen LogP contribution in [0.3, 0.4) is 0 Å². The van der Waals surface area contributed by atoms with E-state index in [0.29, 0.717) is 65.1 Å². The number of phenols is 1. The maximum Gasteiger partial charge on any atom is 0.255 e. The van der Waals surface area contributed by atoms with Crippen LogP contribution in [0, 0.1) is 23.2 Å². The van der Waals surface area contributed by atoms with Crippen molar-refractivity contribution in [2.75, 3.05) is 25.4 Å². The molecule has 11 nitrogen and oxygen atoms in total. The van der Waals surface area contributed by atoms with Crippen molar-refractivity contribution in [1.29, 1.82) is 0 Å². The fraction of sp³-hybridized carbons (Fsp3) is 0.475. The van der Waals surface area contributed by atoms with E-state index in [1.807, 2.05) is 24.3 Å². The van der Waals surface area contributed by atoms with Gasteiger partial charge in [0.15, 0.2) is 5.82 Å². The lowest BCUT2D eigenvalue weighted by Crippen LogP contribution is -2.56. The molecule has 11 heteroatoms. The predicted molar refractivity (Wildman–Crippen MR) is 188 cm³/mol. The van der Waals surface area contributed by atoms with Crippen LogP contribution in [0.5, 0.6) is 11.5 Å². The van der Waals surface area contributed by atoms with E-state index in [9.17, 15) is 19.5 Å². The summed E-state index contributed by atoms with van der Waals surface area (Å²) >= 11 is 0. The van der Waals surface area contributed by atoms with Gasteiger partial charge in [0, 0.05) is 47.0 Å². The van der Waals surface area contributed by atoms with Crippen molar-refractivity contribution in [3.63, 3.8) is 0 Å². The molecule has 6 aliphatic rings. The average Bonchev–Trinajstić information content (AvgIpc) is 3.63. The fourth-order valence-corrected chi connectivity index (χ4v) is 9.64. The zero-order valence-electron chi connectivity index (χ0n) is 28.6. The zero-order chi connectivity index (χ0) is 34.9. The van der Waals surface area contributed by atoms with Crippen LogP contribution in [0.2, 0.25) is 0 Å². The molecular formula is C40H42N6O5. The number of nitrogens with two attached hydrogens (primary N) is 1. The molecule has 1 atom stereocenters. The fourth-order valence-electron chi connectivity index (χ4n) is 9.64. The molecular weight excluding hydrogens is 644 g/mol. The van der Waals surface area contributed by atoms with E-state index >= 15 is 0 Å². The highest BCUT2D eigenvalue weighted by molar-refractivity contribution is 6.05. The van der Waals surface area contributed by atoms with Crippen LogP contribution < -0.4 is 15.8 Å². The summed E-state index contributed by atoms with van der Waals surface area (Å²) in [5.41, 5.74) is 11.0. The number of piperidine rings is 2. The number of hydrogen-bond donors (Lipinski definition) is 3. The number of amides is 3. The molecule has 1 aromatic heterocycles. The van der Waals surface area contributed by atoms with Gasteiger partial charge in [-0.05, 0) is 112 Å². The molecule has 2 spiro atoms. The van der Waals surface area contributed by atoms with Crippen molar-refractivity contribution >= 4 is 23.5 Å². The number of ether oxygens (including phenoxy) is 1. The molecule has 4 N–H and O–H groups in total. The number of fused-ring (bicyclic) bond motifs is 3. The number of carbonyl (C=O) groups is 3. The third kappa shape index (κ3) is 5.51. The minimum atomic E-state index is -0.612. The standard InChI is InChI=1S/C40H42N6O5/c41-36-25(17-31(43-44-36)28-3-1-2-4-33(28)47)6-5-24-9-11-39(12-10-24)20-27(21-39)45-15-13-40(14-16-45)23-51-34-18-26-22-46(38(50)29(26)19-30(34)40)32-7-8-35(48)42-37(32)49/h1-4,17-19,24,27,32,47H,7-16,20-23H2,(H2,41,44)(H,42,48,49). The number of hydrogen-bond acceptors (Lipinski definition) is 9. The van der Waals surface area contributed by atoms with Crippen LogP contribution >= 0.6 is 0 Å². The Morgan fingerprint density at radius 1 is 0.961 bits per heavy atom. The molecule has 3 amide bonds. The first kappa shape index (κ1) is 32.0. The van der Waals surface area contributed by atoms with Gasteiger partial charge in [-0.3, -0.25) is 19.7 Å². The molecule has 0 radical (unpaired) electrons. The van der Waals surface area contributed by atoms with E-state index in [1.165, 1.54) is 25.7 Å². The van der Waals surface area contributed by atoms with Gasteiger partial charge in [0.05, 0.1) is 17.9 Å². The maximum absolute atomic E-state index is 13.5. The average molecular weight is 687 g/mol. The molecule has 5 heterocycles. The second-order valence-corrected chi connectivity index (χ2v) is 15.7. The van der Waals surface area contributed by atoms with Crippen LogP contribution in [-0.2, 0) is 21.5 Å². The van der Waals surface area contributed by atoms with E-state index < -0.39 is 6.04 Å². The highest BCUT2D eigenvalue weighted by Gasteiger charge is 2.51. The number of nitrogens with zero attached hydrogens (tertiary/aromatic N) is 4. The maximum atomic E-state index is 13.5. The lowest BCUT2D eigenvalue weighted by Gasteiger charge is -2.56. The van der Waals surface area contributed by atoms with Gasteiger partial charge in [0.2, 0.25) is 11.8 Å². The van der Waals surface area contributed by atoms with Gasteiger partial charge in [-0.25, -0.2) is 0 Å². The lowest BCUT2D eigenvalue weighted by atomic mass is 9.56. The minimum Gasteiger partial charge on any atom is -0.507 e. The first-order valence-corrected chi connectivity index (χ1v) is 18.3. The smallest absolute Gasteiger partial charge is 0.255 e. The third-order valence-corrected chi connectivity index (χ3v) is 12.8. The Morgan fingerprint density at radius 3 is 2.51 bits per heavy atom. The van der Waals surface area contributed by atoms with Gasteiger partial charge in [-0.2, -0.15) is 0 Å². The lowest BCUT2D eigenvalue weighted by molar-refractivity contribution is -0.136. The Labute approximate surface area is 296 Å². The Balaban J connectivity index is 0.794. The van der Waals surface area contributed by atoms with Gasteiger partial charge < -0.3 is 25.4 Å². The van der Waals surface area contributed by atoms with Crippen molar-refractivity contribution in [2.45, 2.75) is 88.3 Å². The molecule has 262 valence electrons. The number of nitrogens with one attached hydrogen (secondary N) is 1. The van der Waals surface area contributed by atoms with Gasteiger partial charge in [-0.15, -0.1) is 10.2 Å². The first-order valence-electron chi connectivity index (χ1n) is 18.3. The molecule has 9 rings (SSSR count). The van der Waals surface area contributed by atoms with E-state index in [2.05, 4.69) is 32.3 Å². The normalized spacial score (nSPS) is 28.0. The number of imide groups is 1. The Morgan fingerprint density at radius 2 is 1.75 bits per heavy atom. The molecule has 1 unspecified atom stereocenters. The number of benzene rings is 2. The largest absolute Gasteiger partial charge is 0.507 e. The number of para-hydroxylation sites is 1. The van der Waals surface area contributed by atoms with Crippen molar-refractivity contribution < 1.29 is 24.2 Å². The third-order valence-electron chi connectivity index (χ3n) is 12.8. The van der Waals surface area contributed by atoms with Crippen LogP contribution in [0.4, 0.5) is 5.82 Å². The van der Waals surface area contributed by atoms with Gasteiger partial charge in [0.25, 0.3) is 5.91 Å². The summed E-state index contributed by atoms with van der Waals surface area (Å²) in [5.74, 6) is 7.62. The summed E-state index contributed by atoms with van der Waals surface area (Å²) in [6.45, 7) is 3.07. The molecule has 0 bridgehead atoms. The van der Waals surface area contributed by atoms with Gasteiger partial charge in [0.1, 0.15) is 17.5 Å². The summed E-state index contributed by atoms with van der Waals surface area (Å²) in [5, 5.41) is 20.9. The van der Waals surface area contributed by atoms with Crippen molar-refractivity contribution in [1.82, 2.24) is 25.3 Å². The molecule has 3 aromatic rings. The quantitative estimate of drug-likeness (QED) is 0.271. The van der Waals surface area contributed by atoms with E-state index in [-0.39, 0.29) is 35.3 Å². The summed E-state index contributed by atoms with van der Waals surface area (Å²) in [6.07, 6.45) is 9.69. The summed E-state index contributed by atoms with van der Waals surface area (Å²) in [7, 11) is 0. The number of anilines is 1. The predicted octanol–water partition coefficient (Wildman–Crippen LogP) is 4.31. The Kier molecular flexibility index (Phi) is 7.58. The van der Waals surface area contributed by atoms with Crippen LogP contribution in [0.1, 0.15) is 91.3 Å². The van der Waals surface area contributed by atoms with Gasteiger partial charge >= 0.3 is 0 Å². The monoisotopic (exact) mass is 686 g/mol. The highest BCUT2D eigenvalue weighted by atomic mass is 16.5. The molecule has 4 aliphatic heterocycles. The molecule has 2 aromatic carbocycles. The molecule has 51 heavy (non-hydrogen) atoms. The summed E-state index contributed by atoms with van der Waals surface area (Å²) in [6, 6.07) is 12.9. The minimum absolute atomic E-state index is 0.0860. The number of rotatable bonds is 3. The number of likely N-dealkylation sites (tertiary alicyclic amines) is 1. The van der Waals surface area contributed by atoms with E-state index in [0.717, 1.165) is 55.6 Å². The molecule has 2 saturated carbocycles. The number of nitrogen functional groups attached to an aromatic ring is 1. The van der Waals surface area contributed by atoms with E-state index in [4.69, 9.17) is 10.5 Å². The van der Waals surface area contributed by atoms with Crippen molar-refractivity contribution in [3.05, 3.63) is 64.7 Å². The number of phenolic OH excluding ortho intramolecular Hbond substituents is 1. The summed E-state index contributed by atoms with van der Waals surface area (Å²) in [4.78, 5) is 42.0. The van der Waals surface area contributed by atoms with Crippen molar-refractivity contribution in [3.8, 4) is 34.6 Å². The second kappa shape index (κ2) is 12.1. The van der Waals surface area contributed by atoms with E-state index in [1.54, 1.807) is 23.1 Å². The Hall–Kier alpha value is -4.95. The summed E-state index contributed by atoms with van der Waals surface area (Å²) < 4.78 is 6.28. The SMILES string of the molecule is Nc1nnc(-c2ccccc2O)cc1C#CC1CCC2(CC1)CC(N1CCC3(CC1)COc1cc4c(cc13)C(=O)N(C1CCC(=O)NC1=O)C4)C2.